The van der Waals surface area contributed by atoms with Crippen molar-refractivity contribution in [3.05, 3.63) is 50.6 Å². The number of furan rings is 1. The van der Waals surface area contributed by atoms with E-state index >= 15 is 0 Å². The Morgan fingerprint density at radius 3 is 2.55 bits per heavy atom. The summed E-state index contributed by atoms with van der Waals surface area (Å²) in [5.41, 5.74) is 2.76. The Hall–Kier alpha value is -0.850. The number of benzene rings is 2. The fourth-order valence-corrected chi connectivity index (χ4v) is 4.42. The molecule has 0 aliphatic heterocycles. The van der Waals surface area contributed by atoms with Crippen molar-refractivity contribution in [2.45, 2.75) is 18.7 Å². The smallest absolute Gasteiger partial charge is 0.151 e. The second kappa shape index (κ2) is 6.34. The van der Waals surface area contributed by atoms with E-state index in [1.807, 2.05) is 44.2 Å². The predicted molar refractivity (Wildman–Crippen MR) is 101 cm³/mol. The highest BCUT2D eigenvalue weighted by Crippen LogP contribution is 2.38. The third kappa shape index (κ3) is 2.84. The van der Waals surface area contributed by atoms with E-state index in [0.717, 1.165) is 30.6 Å². The number of fused-ring (bicyclic) bond motifs is 1. The van der Waals surface area contributed by atoms with Crippen LogP contribution in [0.3, 0.4) is 0 Å². The third-order valence-electron chi connectivity index (χ3n) is 3.49. The molecule has 0 aliphatic carbocycles. The largest absolute Gasteiger partial charge is 0.454 e. The quantitative estimate of drug-likeness (QED) is 0.478. The van der Waals surface area contributed by atoms with Gasteiger partial charge in [0.25, 0.3) is 0 Å². The first-order valence-corrected chi connectivity index (χ1v) is 9.65. The summed E-state index contributed by atoms with van der Waals surface area (Å²) < 4.78 is 19.8. The van der Waals surface area contributed by atoms with E-state index in [2.05, 4.69) is 28.7 Å². The van der Waals surface area contributed by atoms with Crippen molar-refractivity contribution in [3.63, 3.8) is 0 Å². The van der Waals surface area contributed by atoms with Crippen molar-refractivity contribution in [1.29, 1.82) is 0 Å². The fraction of sp³-hybridized carbons (Fsp3) is 0.176. The summed E-state index contributed by atoms with van der Waals surface area (Å²) >= 11 is 8.24. The minimum absolute atomic E-state index is 0.555. The molecule has 1 unspecified atom stereocenters. The summed E-state index contributed by atoms with van der Waals surface area (Å²) in [6.07, 6.45) is 0. The number of aryl methyl sites for hydroxylation is 1. The van der Waals surface area contributed by atoms with Crippen molar-refractivity contribution in [2.24, 2.45) is 0 Å². The predicted octanol–water partition coefficient (Wildman–Crippen LogP) is 5.79. The Morgan fingerprint density at radius 1 is 1.23 bits per heavy atom. The molecule has 3 aromatic rings. The lowest BCUT2D eigenvalue weighted by Gasteiger charge is -2.02. The Morgan fingerprint density at radius 2 is 1.91 bits per heavy atom. The highest BCUT2D eigenvalue weighted by atomic mass is 127. The standard InChI is InChI=1S/C17H14ClIO2S/c1-3-22(20)17-14-9-13(19)8-10(2)15(14)21-16(17)11-4-6-12(18)7-5-11/h4-9H,3H2,1-2H3. The zero-order chi connectivity index (χ0) is 15.9. The Labute approximate surface area is 150 Å². The molecule has 22 heavy (non-hydrogen) atoms. The van der Waals surface area contributed by atoms with Gasteiger partial charge in [-0.1, -0.05) is 18.5 Å². The molecule has 1 heterocycles. The molecule has 0 saturated carbocycles. The zero-order valence-electron chi connectivity index (χ0n) is 12.2. The number of rotatable bonds is 3. The highest BCUT2D eigenvalue weighted by Gasteiger charge is 2.21. The second-order valence-corrected chi connectivity index (χ2v) is 8.36. The van der Waals surface area contributed by atoms with Gasteiger partial charge in [-0.25, -0.2) is 0 Å². The molecular formula is C17H14ClIO2S. The lowest BCUT2D eigenvalue weighted by molar-refractivity contribution is 0.620. The summed E-state index contributed by atoms with van der Waals surface area (Å²) in [6.45, 7) is 3.93. The van der Waals surface area contributed by atoms with Crippen LogP contribution in [0.4, 0.5) is 0 Å². The van der Waals surface area contributed by atoms with Crippen LogP contribution in [0.25, 0.3) is 22.3 Å². The molecule has 114 valence electrons. The van der Waals surface area contributed by atoms with Gasteiger partial charge in [-0.05, 0) is 71.5 Å². The SMILES string of the molecule is CCS(=O)c1c(-c2ccc(Cl)cc2)oc2c(C)cc(I)cc12. The van der Waals surface area contributed by atoms with Crippen LogP contribution in [0, 0.1) is 10.5 Å². The Balaban J connectivity index is 2.36. The molecule has 0 N–H and O–H groups in total. The van der Waals surface area contributed by atoms with Gasteiger partial charge in [-0.15, -0.1) is 0 Å². The van der Waals surface area contributed by atoms with Crippen molar-refractivity contribution in [3.8, 4) is 11.3 Å². The normalized spacial score (nSPS) is 12.7. The van der Waals surface area contributed by atoms with Crippen molar-refractivity contribution in [1.82, 2.24) is 0 Å². The number of hydrogen-bond acceptors (Lipinski definition) is 2. The van der Waals surface area contributed by atoms with Crippen LogP contribution in [-0.4, -0.2) is 9.96 Å². The van der Waals surface area contributed by atoms with Crippen LogP contribution in [-0.2, 0) is 10.8 Å². The maximum atomic E-state index is 12.6. The molecule has 0 saturated heterocycles. The first kappa shape index (κ1) is 16.0. The fourth-order valence-electron chi connectivity index (χ4n) is 2.47. The second-order valence-electron chi connectivity index (χ2n) is 5.00. The molecule has 0 amide bonds. The van der Waals surface area contributed by atoms with E-state index in [1.54, 1.807) is 0 Å². The van der Waals surface area contributed by atoms with Crippen LogP contribution < -0.4 is 0 Å². The van der Waals surface area contributed by atoms with Crippen LogP contribution >= 0.6 is 34.2 Å². The summed E-state index contributed by atoms with van der Waals surface area (Å²) in [6, 6.07) is 11.5. The molecule has 1 aromatic heterocycles. The average Bonchev–Trinajstić information content (AvgIpc) is 2.87. The Kier molecular flexibility index (Phi) is 4.61. The van der Waals surface area contributed by atoms with Gasteiger partial charge < -0.3 is 4.42 Å². The molecule has 3 rings (SSSR count). The third-order valence-corrected chi connectivity index (χ3v) is 5.75. The minimum atomic E-state index is -1.10. The highest BCUT2D eigenvalue weighted by molar-refractivity contribution is 14.1. The van der Waals surface area contributed by atoms with Crippen LogP contribution in [0.2, 0.25) is 5.02 Å². The van der Waals surface area contributed by atoms with Gasteiger partial charge in [0, 0.05) is 25.3 Å². The van der Waals surface area contributed by atoms with Gasteiger partial charge in [0.15, 0.2) is 5.76 Å². The molecular weight excluding hydrogens is 431 g/mol. The number of halogens is 2. The average molecular weight is 445 g/mol. The van der Waals surface area contributed by atoms with Gasteiger partial charge in [0.05, 0.1) is 15.7 Å². The molecule has 0 bridgehead atoms. The van der Waals surface area contributed by atoms with E-state index in [0.29, 0.717) is 16.5 Å². The molecule has 2 nitrogen and oxygen atoms in total. The number of hydrogen-bond donors (Lipinski definition) is 0. The molecule has 0 radical (unpaired) electrons. The van der Waals surface area contributed by atoms with Crippen LogP contribution in [0.15, 0.2) is 45.7 Å². The molecule has 0 aliphatic rings. The van der Waals surface area contributed by atoms with Crippen LogP contribution in [0.1, 0.15) is 12.5 Å². The molecule has 1 atom stereocenters. The van der Waals surface area contributed by atoms with Gasteiger partial charge in [-0.2, -0.15) is 0 Å². The van der Waals surface area contributed by atoms with Gasteiger partial charge in [0.2, 0.25) is 0 Å². The van der Waals surface area contributed by atoms with Crippen molar-refractivity contribution >= 4 is 56.0 Å². The molecule has 0 fully saturated rings. The van der Waals surface area contributed by atoms with Gasteiger partial charge >= 0.3 is 0 Å². The molecule has 2 aromatic carbocycles. The summed E-state index contributed by atoms with van der Waals surface area (Å²) in [5.74, 6) is 1.23. The maximum Gasteiger partial charge on any atom is 0.151 e. The summed E-state index contributed by atoms with van der Waals surface area (Å²) in [7, 11) is -1.10. The van der Waals surface area contributed by atoms with E-state index in [4.69, 9.17) is 16.0 Å². The molecule has 0 spiro atoms. The van der Waals surface area contributed by atoms with Gasteiger partial charge in [0.1, 0.15) is 5.58 Å². The minimum Gasteiger partial charge on any atom is -0.454 e. The lowest BCUT2D eigenvalue weighted by Crippen LogP contribution is -1.95. The van der Waals surface area contributed by atoms with E-state index < -0.39 is 10.8 Å². The lowest BCUT2D eigenvalue weighted by atomic mass is 10.1. The molecule has 5 heteroatoms. The van der Waals surface area contributed by atoms with Crippen LogP contribution in [0.5, 0.6) is 0 Å². The summed E-state index contributed by atoms with van der Waals surface area (Å²) in [4.78, 5) is 0.779. The van der Waals surface area contributed by atoms with Crippen molar-refractivity contribution < 1.29 is 8.63 Å². The van der Waals surface area contributed by atoms with E-state index in [1.165, 1.54) is 0 Å². The Bertz CT molecular complexity index is 868. The monoisotopic (exact) mass is 444 g/mol. The maximum absolute atomic E-state index is 12.6. The van der Waals surface area contributed by atoms with Crippen molar-refractivity contribution in [2.75, 3.05) is 5.75 Å². The first-order chi connectivity index (χ1) is 10.5. The van der Waals surface area contributed by atoms with E-state index in [9.17, 15) is 4.21 Å². The van der Waals surface area contributed by atoms with E-state index in [-0.39, 0.29) is 0 Å². The zero-order valence-corrected chi connectivity index (χ0v) is 15.9. The summed E-state index contributed by atoms with van der Waals surface area (Å²) in [5, 5.41) is 1.61. The first-order valence-electron chi connectivity index (χ1n) is 6.88. The topological polar surface area (TPSA) is 30.2 Å². The van der Waals surface area contributed by atoms with Gasteiger partial charge in [-0.3, -0.25) is 4.21 Å².